The lowest BCUT2D eigenvalue weighted by atomic mass is 10.2. The molecule has 2 heterocycles. The largest absolute Gasteiger partial charge is 0.486 e. The molecule has 1 saturated heterocycles. The number of ether oxygens (including phenoxy) is 1. The Hall–Kier alpha value is -2.69. The summed E-state index contributed by atoms with van der Waals surface area (Å²) in [5.74, 6) is 0.812. The van der Waals surface area contributed by atoms with Gasteiger partial charge in [0.05, 0.1) is 10.7 Å². The van der Waals surface area contributed by atoms with Crippen LogP contribution >= 0.6 is 34.7 Å². The van der Waals surface area contributed by atoms with Crippen molar-refractivity contribution in [3.05, 3.63) is 73.7 Å². The highest BCUT2D eigenvalue weighted by Crippen LogP contribution is 2.43. The number of halogens is 1. The van der Waals surface area contributed by atoms with Gasteiger partial charge in [0.2, 0.25) is 11.0 Å². The van der Waals surface area contributed by atoms with Gasteiger partial charge in [0, 0.05) is 17.2 Å². The molecule has 0 radical (unpaired) electrons. The zero-order chi connectivity index (χ0) is 21.3. The molecule has 0 spiro atoms. The minimum Gasteiger partial charge on any atom is -0.486 e. The Kier molecular flexibility index (Phi) is 5.89. The zero-order valence-electron chi connectivity index (χ0n) is 15.6. The number of non-ortho nitro benzene ring substituents is 1. The number of anilines is 1. The second-order valence-corrected chi connectivity index (χ2v) is 8.97. The molecule has 4 rings (SSSR count). The third kappa shape index (κ3) is 4.25. The summed E-state index contributed by atoms with van der Waals surface area (Å²) in [5, 5.41) is 20.7. The quantitative estimate of drug-likeness (QED) is 0.384. The highest BCUT2D eigenvalue weighted by Gasteiger charge is 2.36. The van der Waals surface area contributed by atoms with Crippen molar-refractivity contribution < 1.29 is 14.5 Å². The van der Waals surface area contributed by atoms with Crippen LogP contribution in [-0.2, 0) is 11.4 Å². The van der Waals surface area contributed by atoms with Crippen molar-refractivity contribution in [1.29, 1.82) is 0 Å². The van der Waals surface area contributed by atoms with Crippen LogP contribution in [0, 0.1) is 17.0 Å². The minimum atomic E-state index is -0.450. The molecule has 0 saturated carbocycles. The molecule has 0 aliphatic carbocycles. The normalized spacial score (nSPS) is 16.1. The number of aromatic nitrogens is 2. The molecule has 1 aromatic heterocycles. The summed E-state index contributed by atoms with van der Waals surface area (Å²) in [4.78, 5) is 24.7. The van der Waals surface area contributed by atoms with E-state index in [-0.39, 0.29) is 24.0 Å². The van der Waals surface area contributed by atoms with Gasteiger partial charge in [0.15, 0.2) is 5.01 Å². The number of carbonyl (C=O) groups excluding carboxylic acids is 1. The van der Waals surface area contributed by atoms with Crippen LogP contribution in [0.5, 0.6) is 5.75 Å². The van der Waals surface area contributed by atoms with Crippen LogP contribution < -0.4 is 9.64 Å². The van der Waals surface area contributed by atoms with Crippen LogP contribution in [0.3, 0.4) is 0 Å². The zero-order valence-corrected chi connectivity index (χ0v) is 18.0. The average molecular weight is 463 g/mol. The van der Waals surface area contributed by atoms with Gasteiger partial charge < -0.3 is 4.74 Å². The van der Waals surface area contributed by atoms with Crippen LogP contribution in [0.2, 0.25) is 5.02 Å². The number of hydrogen-bond acceptors (Lipinski definition) is 8. The molecule has 1 aliphatic heterocycles. The number of benzene rings is 2. The van der Waals surface area contributed by atoms with Crippen LogP contribution in [0.25, 0.3) is 0 Å². The van der Waals surface area contributed by atoms with Crippen molar-refractivity contribution >= 4 is 51.4 Å². The van der Waals surface area contributed by atoms with Crippen molar-refractivity contribution in [2.24, 2.45) is 0 Å². The van der Waals surface area contributed by atoms with E-state index in [1.807, 2.05) is 13.0 Å². The highest BCUT2D eigenvalue weighted by atomic mass is 35.5. The molecule has 0 N–H and O–H groups in total. The number of nitrogens with zero attached hydrogens (tertiary/aromatic N) is 4. The maximum Gasteiger partial charge on any atom is 0.269 e. The van der Waals surface area contributed by atoms with E-state index in [4.69, 9.17) is 16.3 Å². The first-order chi connectivity index (χ1) is 14.4. The number of carbonyl (C=O) groups is 1. The Bertz CT molecular complexity index is 1120. The monoisotopic (exact) mass is 462 g/mol. The first-order valence-electron chi connectivity index (χ1n) is 8.82. The fourth-order valence-corrected chi connectivity index (χ4v) is 5.05. The summed E-state index contributed by atoms with van der Waals surface area (Å²) < 4.78 is 5.75. The van der Waals surface area contributed by atoms with Crippen molar-refractivity contribution in [2.75, 3.05) is 10.7 Å². The first-order valence-corrected chi connectivity index (χ1v) is 11.1. The molecule has 30 heavy (non-hydrogen) atoms. The Morgan fingerprint density at radius 3 is 2.90 bits per heavy atom. The standard InChI is InChI=1S/C19H15ClN4O4S2/c1-11-7-14(5-6-15(11)20)28-9-16-21-22-19(30-16)23-17(25)10-29-18(23)12-3-2-4-13(8-12)24(26)27/h2-8,18H,9-10H2,1H3. The van der Waals surface area contributed by atoms with E-state index in [0.29, 0.717) is 26.5 Å². The lowest BCUT2D eigenvalue weighted by molar-refractivity contribution is -0.384. The van der Waals surface area contributed by atoms with Crippen LogP contribution in [0.15, 0.2) is 42.5 Å². The first kappa shape index (κ1) is 20.6. The number of rotatable bonds is 6. The summed E-state index contributed by atoms with van der Waals surface area (Å²) in [6.45, 7) is 2.10. The second-order valence-electron chi connectivity index (χ2n) is 6.46. The maximum atomic E-state index is 12.5. The van der Waals surface area contributed by atoms with Gasteiger partial charge in [-0.25, -0.2) is 0 Å². The summed E-state index contributed by atoms with van der Waals surface area (Å²) in [6, 6.07) is 11.7. The average Bonchev–Trinajstić information content (AvgIpc) is 3.35. The molecule has 1 unspecified atom stereocenters. The SMILES string of the molecule is Cc1cc(OCc2nnc(N3C(=O)CSC3c3cccc([N+](=O)[O-])c3)s2)ccc1Cl. The Labute approximate surface area is 185 Å². The lowest BCUT2D eigenvalue weighted by Gasteiger charge is -2.20. The number of amides is 1. The molecule has 11 heteroatoms. The fourth-order valence-electron chi connectivity index (χ4n) is 2.92. The third-order valence-corrected chi connectivity index (χ3v) is 6.92. The number of nitro groups is 1. The van der Waals surface area contributed by atoms with E-state index in [1.54, 1.807) is 24.3 Å². The van der Waals surface area contributed by atoms with Crippen LogP contribution in [0.4, 0.5) is 10.8 Å². The van der Waals surface area contributed by atoms with E-state index in [2.05, 4.69) is 10.2 Å². The van der Waals surface area contributed by atoms with Gasteiger partial charge >= 0.3 is 0 Å². The molecule has 3 aromatic rings. The summed E-state index contributed by atoms with van der Waals surface area (Å²) in [6.07, 6.45) is 0. The molecule has 0 bridgehead atoms. The molecule has 1 atom stereocenters. The Morgan fingerprint density at radius 2 is 2.13 bits per heavy atom. The van der Waals surface area contributed by atoms with Crippen molar-refractivity contribution in [2.45, 2.75) is 18.9 Å². The van der Waals surface area contributed by atoms with Crippen LogP contribution in [0.1, 0.15) is 21.5 Å². The van der Waals surface area contributed by atoms with Gasteiger partial charge in [-0.15, -0.1) is 22.0 Å². The summed E-state index contributed by atoms with van der Waals surface area (Å²) in [7, 11) is 0. The highest BCUT2D eigenvalue weighted by molar-refractivity contribution is 8.00. The van der Waals surface area contributed by atoms with E-state index in [1.165, 1.54) is 40.1 Å². The summed E-state index contributed by atoms with van der Waals surface area (Å²) in [5.41, 5.74) is 1.56. The molecule has 1 fully saturated rings. The van der Waals surface area contributed by atoms with Crippen molar-refractivity contribution in [3.8, 4) is 5.75 Å². The van der Waals surface area contributed by atoms with E-state index >= 15 is 0 Å². The molecule has 1 aliphatic rings. The predicted octanol–water partition coefficient (Wildman–Crippen LogP) is 4.77. The van der Waals surface area contributed by atoms with Gasteiger partial charge in [-0.3, -0.25) is 19.8 Å². The lowest BCUT2D eigenvalue weighted by Crippen LogP contribution is -2.27. The van der Waals surface area contributed by atoms with Crippen molar-refractivity contribution in [3.63, 3.8) is 0 Å². The maximum absolute atomic E-state index is 12.5. The van der Waals surface area contributed by atoms with Gasteiger partial charge in [0.1, 0.15) is 17.7 Å². The van der Waals surface area contributed by atoms with Gasteiger partial charge in [-0.1, -0.05) is 35.1 Å². The third-order valence-electron chi connectivity index (χ3n) is 4.39. The molecular formula is C19H15ClN4O4S2. The van der Waals surface area contributed by atoms with E-state index in [9.17, 15) is 14.9 Å². The Balaban J connectivity index is 1.52. The van der Waals surface area contributed by atoms with Gasteiger partial charge in [-0.05, 0) is 36.2 Å². The topological polar surface area (TPSA) is 98.5 Å². The second kappa shape index (κ2) is 8.58. The predicted molar refractivity (Wildman–Crippen MR) is 116 cm³/mol. The van der Waals surface area contributed by atoms with E-state index in [0.717, 1.165) is 5.56 Å². The molecular weight excluding hydrogens is 448 g/mol. The minimum absolute atomic E-state index is 0.0167. The fraction of sp³-hybridized carbons (Fsp3) is 0.211. The Morgan fingerprint density at radius 1 is 1.30 bits per heavy atom. The van der Waals surface area contributed by atoms with Crippen LogP contribution in [-0.4, -0.2) is 26.8 Å². The van der Waals surface area contributed by atoms with Gasteiger partial charge in [0.25, 0.3) is 5.69 Å². The van der Waals surface area contributed by atoms with Crippen molar-refractivity contribution in [1.82, 2.24) is 10.2 Å². The molecule has 2 aromatic carbocycles. The van der Waals surface area contributed by atoms with E-state index < -0.39 is 10.3 Å². The molecule has 154 valence electrons. The number of hydrogen-bond donors (Lipinski definition) is 0. The smallest absolute Gasteiger partial charge is 0.269 e. The number of aryl methyl sites for hydroxylation is 1. The molecule has 8 nitrogen and oxygen atoms in total. The number of nitro benzene ring substituents is 1. The molecule has 1 amide bonds. The number of thioether (sulfide) groups is 1. The van der Waals surface area contributed by atoms with Gasteiger partial charge in [-0.2, -0.15) is 0 Å². The summed E-state index contributed by atoms with van der Waals surface area (Å²) >= 11 is 8.68.